The van der Waals surface area contributed by atoms with Gasteiger partial charge in [0.2, 0.25) is 0 Å². The Morgan fingerprint density at radius 1 is 1.22 bits per heavy atom. The number of aryl methyl sites for hydroxylation is 1. The predicted octanol–water partition coefficient (Wildman–Crippen LogP) is 4.03. The summed E-state index contributed by atoms with van der Waals surface area (Å²) in [6.45, 7) is 0.162. The molecule has 2 aromatic carbocycles. The van der Waals surface area contributed by atoms with Crippen LogP contribution in [0, 0.1) is 5.82 Å². The van der Waals surface area contributed by atoms with Crippen molar-refractivity contribution in [2.75, 3.05) is 0 Å². The minimum atomic E-state index is -0.483. The van der Waals surface area contributed by atoms with Crippen molar-refractivity contribution in [2.24, 2.45) is 0 Å². The number of fused-ring (bicyclic) bond motifs is 1. The number of hydrogen-bond donors (Lipinski definition) is 1. The van der Waals surface area contributed by atoms with Gasteiger partial charge in [-0.2, -0.15) is 5.10 Å². The summed E-state index contributed by atoms with van der Waals surface area (Å²) >= 11 is 5.86. The smallest absolute Gasteiger partial charge is 0.306 e. The monoisotopic (exact) mass is 332 g/mol. The van der Waals surface area contributed by atoms with Crippen LogP contribution in [-0.2, 0) is 22.6 Å². The topological polar surface area (TPSA) is 55.0 Å². The molecular formula is C17H14ClFN2O2. The van der Waals surface area contributed by atoms with E-state index in [2.05, 4.69) is 10.2 Å². The zero-order chi connectivity index (χ0) is 16.2. The van der Waals surface area contributed by atoms with Crippen molar-refractivity contribution in [3.8, 4) is 0 Å². The van der Waals surface area contributed by atoms with E-state index in [1.165, 1.54) is 6.07 Å². The number of H-pyrrole nitrogens is 1. The molecule has 6 heteroatoms. The lowest BCUT2D eigenvalue weighted by atomic mass is 10.1. The highest BCUT2D eigenvalue weighted by atomic mass is 35.5. The van der Waals surface area contributed by atoms with Gasteiger partial charge in [0.05, 0.1) is 16.7 Å². The lowest BCUT2D eigenvalue weighted by Crippen LogP contribution is -2.06. The van der Waals surface area contributed by atoms with Crippen LogP contribution in [0.15, 0.2) is 42.6 Å². The maximum Gasteiger partial charge on any atom is 0.306 e. The summed E-state index contributed by atoms with van der Waals surface area (Å²) in [6, 6.07) is 10.2. The van der Waals surface area contributed by atoms with Crippen molar-refractivity contribution >= 4 is 28.5 Å². The van der Waals surface area contributed by atoms with Crippen molar-refractivity contribution in [1.82, 2.24) is 10.2 Å². The van der Waals surface area contributed by atoms with Crippen LogP contribution < -0.4 is 0 Å². The molecule has 4 nitrogen and oxygen atoms in total. The van der Waals surface area contributed by atoms with Crippen LogP contribution in [0.1, 0.15) is 17.5 Å². The van der Waals surface area contributed by atoms with E-state index < -0.39 is 5.82 Å². The van der Waals surface area contributed by atoms with Gasteiger partial charge in [-0.25, -0.2) is 4.39 Å². The first-order chi connectivity index (χ1) is 11.1. The normalized spacial score (nSPS) is 10.9. The Labute approximate surface area is 137 Å². The first kappa shape index (κ1) is 15.5. The van der Waals surface area contributed by atoms with Gasteiger partial charge in [0.1, 0.15) is 12.4 Å². The van der Waals surface area contributed by atoms with Gasteiger partial charge >= 0.3 is 5.97 Å². The number of aromatic amines is 1. The molecule has 3 rings (SSSR count). The SMILES string of the molecule is O=C(CCc1cccc(F)c1Cl)OCc1cccc2cn[nH]c12. The van der Waals surface area contributed by atoms with E-state index in [0.717, 1.165) is 16.5 Å². The predicted molar refractivity (Wildman–Crippen MR) is 85.6 cm³/mol. The maximum atomic E-state index is 13.3. The summed E-state index contributed by atoms with van der Waals surface area (Å²) in [7, 11) is 0. The summed E-state index contributed by atoms with van der Waals surface area (Å²) in [5.74, 6) is -0.842. The average Bonchev–Trinajstić information content (AvgIpc) is 3.03. The Morgan fingerprint density at radius 3 is 2.87 bits per heavy atom. The molecule has 0 bridgehead atoms. The zero-order valence-electron chi connectivity index (χ0n) is 12.2. The van der Waals surface area contributed by atoms with Gasteiger partial charge in [0, 0.05) is 17.4 Å². The molecule has 0 aliphatic rings. The molecule has 0 unspecified atom stereocenters. The van der Waals surface area contributed by atoms with Crippen LogP contribution in [0.4, 0.5) is 4.39 Å². The molecule has 0 atom stereocenters. The summed E-state index contributed by atoms with van der Waals surface area (Å²) in [5, 5.41) is 7.87. The van der Waals surface area contributed by atoms with E-state index >= 15 is 0 Å². The van der Waals surface area contributed by atoms with E-state index in [0.29, 0.717) is 12.0 Å². The van der Waals surface area contributed by atoms with E-state index in [1.54, 1.807) is 18.3 Å². The van der Waals surface area contributed by atoms with Crippen LogP contribution in [-0.4, -0.2) is 16.2 Å². The highest BCUT2D eigenvalue weighted by Crippen LogP contribution is 2.21. The standard InChI is InChI=1S/C17H14ClFN2O2/c18-16-11(3-2-6-14(16)19)7-8-15(22)23-10-13-5-1-4-12-9-20-21-17(12)13/h1-6,9H,7-8,10H2,(H,20,21). The minimum Gasteiger partial charge on any atom is -0.461 e. The van der Waals surface area contributed by atoms with Gasteiger partial charge in [-0.15, -0.1) is 0 Å². The highest BCUT2D eigenvalue weighted by molar-refractivity contribution is 6.31. The van der Waals surface area contributed by atoms with Gasteiger partial charge in [-0.1, -0.05) is 41.9 Å². The lowest BCUT2D eigenvalue weighted by molar-refractivity contribution is -0.144. The van der Waals surface area contributed by atoms with Gasteiger partial charge in [0.25, 0.3) is 0 Å². The third-order valence-electron chi connectivity index (χ3n) is 3.58. The number of nitrogens with zero attached hydrogens (tertiary/aromatic N) is 1. The Kier molecular flexibility index (Phi) is 4.57. The lowest BCUT2D eigenvalue weighted by Gasteiger charge is -2.07. The van der Waals surface area contributed by atoms with Crippen LogP contribution in [0.2, 0.25) is 5.02 Å². The molecule has 0 aliphatic carbocycles. The number of nitrogens with one attached hydrogen (secondary N) is 1. The second kappa shape index (κ2) is 6.79. The van der Waals surface area contributed by atoms with Gasteiger partial charge < -0.3 is 4.74 Å². The fourth-order valence-corrected chi connectivity index (χ4v) is 2.58. The molecular weight excluding hydrogens is 319 g/mol. The molecule has 23 heavy (non-hydrogen) atoms. The van der Waals surface area contributed by atoms with Crippen LogP contribution in [0.3, 0.4) is 0 Å². The zero-order valence-corrected chi connectivity index (χ0v) is 12.9. The Morgan fingerprint density at radius 2 is 2.00 bits per heavy atom. The third kappa shape index (κ3) is 3.51. The number of hydrogen-bond acceptors (Lipinski definition) is 3. The molecule has 0 aliphatic heterocycles. The molecule has 3 aromatic rings. The summed E-state index contributed by atoms with van der Waals surface area (Å²) < 4.78 is 18.6. The molecule has 118 valence electrons. The van der Waals surface area contributed by atoms with Crippen LogP contribution in [0.25, 0.3) is 10.9 Å². The highest BCUT2D eigenvalue weighted by Gasteiger charge is 2.10. The molecule has 1 N–H and O–H groups in total. The maximum absolute atomic E-state index is 13.3. The van der Waals surface area contributed by atoms with Crippen LogP contribution >= 0.6 is 11.6 Å². The number of benzene rings is 2. The van der Waals surface area contributed by atoms with E-state index in [-0.39, 0.29) is 24.0 Å². The average molecular weight is 333 g/mol. The molecule has 0 fully saturated rings. The molecule has 0 spiro atoms. The quantitative estimate of drug-likeness (QED) is 0.718. The molecule has 0 saturated heterocycles. The molecule has 0 saturated carbocycles. The number of para-hydroxylation sites is 1. The van der Waals surface area contributed by atoms with Gasteiger partial charge in [-0.05, 0) is 18.1 Å². The van der Waals surface area contributed by atoms with E-state index in [9.17, 15) is 9.18 Å². The van der Waals surface area contributed by atoms with Crippen molar-refractivity contribution in [3.05, 3.63) is 64.6 Å². The minimum absolute atomic E-state index is 0.0579. The fourth-order valence-electron chi connectivity index (χ4n) is 2.36. The van der Waals surface area contributed by atoms with Crippen LogP contribution in [0.5, 0.6) is 0 Å². The Balaban J connectivity index is 1.58. The first-order valence-corrected chi connectivity index (χ1v) is 7.52. The summed E-state index contributed by atoms with van der Waals surface area (Å²) in [4.78, 5) is 11.9. The second-order valence-electron chi connectivity index (χ2n) is 5.12. The molecule has 1 heterocycles. The van der Waals surface area contributed by atoms with Crippen molar-refractivity contribution in [1.29, 1.82) is 0 Å². The van der Waals surface area contributed by atoms with Crippen molar-refractivity contribution in [2.45, 2.75) is 19.4 Å². The number of ether oxygens (including phenoxy) is 1. The summed E-state index contributed by atoms with van der Waals surface area (Å²) in [6.07, 6.45) is 2.19. The summed E-state index contributed by atoms with van der Waals surface area (Å²) in [5.41, 5.74) is 2.31. The number of carbonyl (C=O) groups excluding carboxylic acids is 1. The molecule has 1 aromatic heterocycles. The van der Waals surface area contributed by atoms with E-state index in [1.807, 2.05) is 18.2 Å². The number of esters is 1. The number of rotatable bonds is 5. The number of halogens is 2. The first-order valence-electron chi connectivity index (χ1n) is 7.14. The van der Waals surface area contributed by atoms with Gasteiger partial charge in [0.15, 0.2) is 0 Å². The second-order valence-corrected chi connectivity index (χ2v) is 5.50. The Bertz CT molecular complexity index is 847. The number of aromatic nitrogens is 2. The van der Waals surface area contributed by atoms with Gasteiger partial charge in [-0.3, -0.25) is 9.89 Å². The van der Waals surface area contributed by atoms with E-state index in [4.69, 9.17) is 16.3 Å². The number of carbonyl (C=O) groups is 1. The molecule has 0 amide bonds. The van der Waals surface area contributed by atoms with Crippen molar-refractivity contribution < 1.29 is 13.9 Å². The van der Waals surface area contributed by atoms with Crippen molar-refractivity contribution in [3.63, 3.8) is 0 Å². The fraction of sp³-hybridized carbons (Fsp3) is 0.176. The Hall–Kier alpha value is -2.40. The largest absolute Gasteiger partial charge is 0.461 e. The molecule has 0 radical (unpaired) electrons. The third-order valence-corrected chi connectivity index (χ3v) is 4.00.